The molecule has 3 saturated carbocycles. The third-order valence-corrected chi connectivity index (χ3v) is 8.12. The lowest BCUT2D eigenvalue weighted by molar-refractivity contribution is -0.139. The number of fused-ring (bicyclic) bond motifs is 5. The van der Waals surface area contributed by atoms with Gasteiger partial charge in [-0.25, -0.2) is 9.59 Å². The van der Waals surface area contributed by atoms with Gasteiger partial charge in [0.25, 0.3) is 0 Å². The smallest absolute Gasteiger partial charge is 0.417 e. The fourth-order valence-electron chi connectivity index (χ4n) is 6.57. The summed E-state index contributed by atoms with van der Waals surface area (Å²) in [5.41, 5.74) is -3.64. The van der Waals surface area contributed by atoms with Crippen LogP contribution in [0.5, 0.6) is 0 Å². The Bertz CT molecular complexity index is 1100. The quantitative estimate of drug-likeness (QED) is 0.320. The molecule has 3 fully saturated rings. The number of hydrogen-bond donors (Lipinski definition) is 0. The molecule has 3 aliphatic carbocycles. The van der Waals surface area contributed by atoms with Crippen LogP contribution in [0, 0.1) is 23.7 Å². The highest BCUT2D eigenvalue weighted by Crippen LogP contribution is 2.58. The summed E-state index contributed by atoms with van der Waals surface area (Å²) in [5.74, 6) is -1.33. The summed E-state index contributed by atoms with van der Waals surface area (Å²) in [5, 5.41) is 0. The number of esters is 2. The van der Waals surface area contributed by atoms with Crippen molar-refractivity contribution in [2.45, 2.75) is 56.7 Å². The predicted octanol–water partition coefficient (Wildman–Crippen LogP) is 6.93. The van der Waals surface area contributed by atoms with E-state index in [0.29, 0.717) is 11.8 Å². The minimum atomic E-state index is -4.79. The highest BCUT2D eigenvalue weighted by Gasteiger charge is 2.54. The van der Waals surface area contributed by atoms with Gasteiger partial charge in [0.15, 0.2) is 0 Å². The molecule has 198 valence electrons. The van der Waals surface area contributed by atoms with Crippen molar-refractivity contribution in [2.24, 2.45) is 23.7 Å². The molecule has 0 radical (unpaired) electrons. The maximum absolute atomic E-state index is 13.5. The van der Waals surface area contributed by atoms with Gasteiger partial charge in [-0.15, -0.1) is 0 Å². The highest BCUT2D eigenvalue weighted by molar-refractivity contribution is 5.92. The molecular weight excluding hydrogens is 502 g/mol. The summed E-state index contributed by atoms with van der Waals surface area (Å²) >= 11 is 0. The van der Waals surface area contributed by atoms with Crippen LogP contribution in [0.2, 0.25) is 0 Å². The zero-order chi connectivity index (χ0) is 26.5. The summed E-state index contributed by atoms with van der Waals surface area (Å²) in [6.07, 6.45) is -8.16. The van der Waals surface area contributed by atoms with Crippen molar-refractivity contribution < 1.29 is 45.4 Å². The number of carbonyl (C=O) groups excluding carboxylic acids is 2. The lowest BCUT2D eigenvalue weighted by Gasteiger charge is -2.42. The molecule has 4 nitrogen and oxygen atoms in total. The summed E-state index contributed by atoms with van der Waals surface area (Å²) in [4.78, 5) is 25.8. The number of alkyl halides is 6. The van der Waals surface area contributed by atoms with E-state index in [9.17, 15) is 35.9 Å². The predicted molar refractivity (Wildman–Crippen MR) is 118 cm³/mol. The molecule has 37 heavy (non-hydrogen) atoms. The maximum atomic E-state index is 13.5. The van der Waals surface area contributed by atoms with Crippen molar-refractivity contribution in [1.82, 2.24) is 0 Å². The minimum absolute atomic E-state index is 0.159. The van der Waals surface area contributed by atoms with Crippen LogP contribution in [-0.2, 0) is 21.8 Å². The van der Waals surface area contributed by atoms with Crippen molar-refractivity contribution in [3.05, 3.63) is 70.8 Å². The Balaban J connectivity index is 1.41. The normalized spacial score (nSPS) is 29.0. The van der Waals surface area contributed by atoms with E-state index < -0.39 is 58.8 Å². The molecule has 0 saturated heterocycles. The Labute approximate surface area is 208 Å². The highest BCUT2D eigenvalue weighted by atomic mass is 19.4. The molecule has 0 aromatic heterocycles. The first-order valence-corrected chi connectivity index (χ1v) is 12.2. The van der Waals surface area contributed by atoms with E-state index in [1.54, 1.807) is 0 Å². The Hall–Kier alpha value is -3.04. The molecule has 0 spiro atoms. The Morgan fingerprint density at radius 3 is 1.38 bits per heavy atom. The fourth-order valence-corrected chi connectivity index (χ4v) is 6.57. The lowest BCUT2D eigenvalue weighted by atomic mass is 9.69. The van der Waals surface area contributed by atoms with Crippen molar-refractivity contribution in [1.29, 1.82) is 0 Å². The Kier molecular flexibility index (Phi) is 6.48. The van der Waals surface area contributed by atoms with E-state index in [-0.39, 0.29) is 24.7 Å². The van der Waals surface area contributed by atoms with Crippen LogP contribution in [0.3, 0.4) is 0 Å². The molecule has 0 aliphatic heterocycles. The molecule has 10 heteroatoms. The molecule has 6 unspecified atom stereocenters. The molecule has 0 heterocycles. The maximum Gasteiger partial charge on any atom is 0.417 e. The number of carbonyl (C=O) groups is 2. The topological polar surface area (TPSA) is 52.6 Å². The zero-order valence-corrected chi connectivity index (χ0v) is 19.5. The van der Waals surface area contributed by atoms with Crippen LogP contribution in [0.1, 0.15) is 63.9 Å². The Morgan fingerprint density at radius 2 is 1.00 bits per heavy atom. The van der Waals surface area contributed by atoms with E-state index in [1.807, 2.05) is 0 Å². The summed E-state index contributed by atoms with van der Waals surface area (Å²) in [6.45, 7) is 0. The number of ether oxygens (including phenoxy) is 2. The van der Waals surface area contributed by atoms with Gasteiger partial charge in [-0.1, -0.05) is 24.3 Å². The molecule has 5 rings (SSSR count). The van der Waals surface area contributed by atoms with Crippen molar-refractivity contribution >= 4 is 11.9 Å². The summed E-state index contributed by atoms with van der Waals surface area (Å²) < 4.78 is 91.9. The van der Waals surface area contributed by atoms with Gasteiger partial charge >= 0.3 is 24.3 Å². The van der Waals surface area contributed by atoms with Gasteiger partial charge in [0, 0.05) is 0 Å². The molecule has 6 atom stereocenters. The van der Waals surface area contributed by atoms with Crippen LogP contribution < -0.4 is 0 Å². The second-order valence-electron chi connectivity index (χ2n) is 10.1. The average molecular weight is 526 g/mol. The zero-order valence-electron chi connectivity index (χ0n) is 19.5. The van der Waals surface area contributed by atoms with Gasteiger partial charge in [0.05, 0.1) is 22.3 Å². The first-order valence-electron chi connectivity index (χ1n) is 12.2. The second kappa shape index (κ2) is 9.36. The molecule has 0 N–H and O–H groups in total. The van der Waals surface area contributed by atoms with Crippen molar-refractivity contribution in [2.75, 3.05) is 0 Å². The molecule has 2 bridgehead atoms. The van der Waals surface area contributed by atoms with E-state index in [4.69, 9.17) is 9.47 Å². The van der Waals surface area contributed by atoms with Crippen LogP contribution in [0.4, 0.5) is 26.3 Å². The molecule has 2 aromatic rings. The number of hydrogen-bond acceptors (Lipinski definition) is 4. The van der Waals surface area contributed by atoms with Crippen LogP contribution in [0.25, 0.3) is 0 Å². The van der Waals surface area contributed by atoms with E-state index >= 15 is 0 Å². The molecule has 3 aliphatic rings. The van der Waals surface area contributed by atoms with Gasteiger partial charge in [-0.05, 0) is 80.0 Å². The molecular formula is C27H24F6O4. The van der Waals surface area contributed by atoms with E-state index in [1.165, 1.54) is 12.1 Å². The molecule has 2 aromatic carbocycles. The van der Waals surface area contributed by atoms with Crippen LogP contribution in [-0.4, -0.2) is 24.1 Å². The van der Waals surface area contributed by atoms with Gasteiger partial charge in [0.2, 0.25) is 0 Å². The first-order chi connectivity index (χ1) is 17.4. The molecule has 0 amide bonds. The van der Waals surface area contributed by atoms with Crippen molar-refractivity contribution in [3.8, 4) is 0 Å². The second-order valence-corrected chi connectivity index (χ2v) is 10.1. The van der Waals surface area contributed by atoms with Crippen LogP contribution in [0.15, 0.2) is 48.5 Å². The first kappa shape index (κ1) is 25.6. The number of halogens is 6. The van der Waals surface area contributed by atoms with E-state index in [2.05, 4.69) is 0 Å². The minimum Gasteiger partial charge on any atom is -0.455 e. The SMILES string of the molecule is O=C(OC1CC2C3CCC(C3)C2CC1OC(=O)c1ccccc1C(F)(F)F)c1ccccc1C(F)(F)F. The van der Waals surface area contributed by atoms with Gasteiger partial charge in [-0.3, -0.25) is 0 Å². The van der Waals surface area contributed by atoms with Gasteiger partial charge in [-0.2, -0.15) is 26.3 Å². The summed E-state index contributed by atoms with van der Waals surface area (Å²) in [7, 11) is 0. The van der Waals surface area contributed by atoms with Crippen LogP contribution >= 0.6 is 0 Å². The largest absolute Gasteiger partial charge is 0.455 e. The van der Waals surface area contributed by atoms with Crippen molar-refractivity contribution in [3.63, 3.8) is 0 Å². The monoisotopic (exact) mass is 526 g/mol. The number of benzene rings is 2. The average Bonchev–Trinajstić information content (AvgIpc) is 3.45. The summed E-state index contributed by atoms with van der Waals surface area (Å²) in [6, 6.07) is 8.44. The van der Waals surface area contributed by atoms with E-state index in [0.717, 1.165) is 55.7 Å². The Morgan fingerprint density at radius 1 is 0.622 bits per heavy atom. The van der Waals surface area contributed by atoms with Gasteiger partial charge < -0.3 is 9.47 Å². The standard InChI is InChI=1S/C27H24F6O4/c28-26(29,30)20-7-3-1-5-16(20)24(34)36-22-12-18-14-9-10-15(11-14)19(18)13-23(22)37-25(35)17-6-2-4-8-21(17)27(31,32)33/h1-8,14-15,18-19,22-23H,9-13H2. The van der Waals surface area contributed by atoms with Gasteiger partial charge in [0.1, 0.15) is 12.2 Å². The lowest BCUT2D eigenvalue weighted by Crippen LogP contribution is -2.46. The number of rotatable bonds is 4. The third-order valence-electron chi connectivity index (χ3n) is 8.12. The third kappa shape index (κ3) is 4.94. The fraction of sp³-hybridized carbons (Fsp3) is 0.481.